The van der Waals surface area contributed by atoms with Crippen LogP contribution in [0, 0.1) is 0 Å². The molecule has 7 nitrogen and oxygen atoms in total. The first-order valence-electron chi connectivity index (χ1n) is 16.5. The van der Waals surface area contributed by atoms with E-state index in [9.17, 15) is 9.59 Å². The Morgan fingerprint density at radius 3 is 2.24 bits per heavy atom. The third-order valence-corrected chi connectivity index (χ3v) is 9.08. The Bertz CT molecular complexity index is 1630. The summed E-state index contributed by atoms with van der Waals surface area (Å²) in [6, 6.07) is 32.1. The maximum Gasteiger partial charge on any atom is 0.409 e. The van der Waals surface area contributed by atoms with E-state index in [1.165, 1.54) is 38.6 Å². The number of carbonyl (C=O) groups excluding carboxylic acids is 2. The summed E-state index contributed by atoms with van der Waals surface area (Å²) < 4.78 is 11.4. The van der Waals surface area contributed by atoms with Crippen LogP contribution in [0.25, 0.3) is 21.9 Å². The molecular weight excluding hydrogens is 574 g/mol. The van der Waals surface area contributed by atoms with Crippen LogP contribution >= 0.6 is 0 Å². The maximum absolute atomic E-state index is 13.5. The molecule has 2 aliphatic rings. The standard InChI is InChI=1S/C39H45N3O4/c1-39(2,3)46-37(43)40-21-10-13-31-26-42(24-23-41(31)22-20-28-18-19-29-11-4-5-12-30(29)25-28)38(44)45-27-36-34-16-8-6-14-32(34)33-15-7-9-17-35(33)36/h4-9,11-12,14-19,25,31,36H,10,13,20-24,26-27H2,1-3H3,(H,40,43)/t31-/m1/s1. The zero-order valence-corrected chi connectivity index (χ0v) is 27.2. The van der Waals surface area contributed by atoms with E-state index in [1.54, 1.807) is 0 Å². The number of hydrogen-bond donors (Lipinski definition) is 1. The molecule has 1 aliphatic carbocycles. The van der Waals surface area contributed by atoms with Gasteiger partial charge >= 0.3 is 12.2 Å². The van der Waals surface area contributed by atoms with Crippen molar-refractivity contribution in [3.05, 3.63) is 108 Å². The van der Waals surface area contributed by atoms with Gasteiger partial charge in [0.2, 0.25) is 0 Å². The molecule has 4 aromatic rings. The van der Waals surface area contributed by atoms with Gasteiger partial charge in [-0.05, 0) is 78.6 Å². The number of amides is 2. The molecule has 0 radical (unpaired) electrons. The number of rotatable bonds is 9. The second kappa shape index (κ2) is 14.0. The molecule has 6 rings (SSSR count). The topological polar surface area (TPSA) is 71.1 Å². The molecule has 2 amide bonds. The first-order valence-corrected chi connectivity index (χ1v) is 16.5. The predicted octanol–water partition coefficient (Wildman–Crippen LogP) is 7.62. The minimum Gasteiger partial charge on any atom is -0.448 e. The molecule has 1 saturated heterocycles. The third kappa shape index (κ3) is 7.53. The number of alkyl carbamates (subject to hydrolysis) is 1. The smallest absolute Gasteiger partial charge is 0.409 e. The zero-order chi connectivity index (χ0) is 32.1. The van der Waals surface area contributed by atoms with Crippen molar-refractivity contribution < 1.29 is 19.1 Å². The molecule has 0 spiro atoms. The number of hydrogen-bond acceptors (Lipinski definition) is 5. The number of nitrogens with zero attached hydrogens (tertiary/aromatic N) is 2. The SMILES string of the molecule is CC(C)(C)OC(=O)NCCC[C@@H]1CN(C(=O)OCC2c3ccccc3-c3ccccc32)CCN1CCc1ccc2ccccc2c1. The average Bonchev–Trinajstić information content (AvgIpc) is 3.37. The van der Waals surface area contributed by atoms with Gasteiger partial charge in [0.1, 0.15) is 12.2 Å². The number of ether oxygens (including phenoxy) is 2. The van der Waals surface area contributed by atoms with Crippen molar-refractivity contribution >= 4 is 23.0 Å². The Morgan fingerprint density at radius 2 is 1.52 bits per heavy atom. The van der Waals surface area contributed by atoms with Crippen LogP contribution in [0.4, 0.5) is 9.59 Å². The first kappa shape index (κ1) is 31.6. The third-order valence-electron chi connectivity index (χ3n) is 9.08. The number of piperazine rings is 1. The van der Waals surface area contributed by atoms with Crippen LogP contribution < -0.4 is 5.32 Å². The average molecular weight is 620 g/mol. The van der Waals surface area contributed by atoms with Crippen molar-refractivity contribution in [1.29, 1.82) is 0 Å². The fourth-order valence-electron chi connectivity index (χ4n) is 6.82. The molecule has 0 saturated carbocycles. The number of carbonyl (C=O) groups is 2. The van der Waals surface area contributed by atoms with E-state index in [0.717, 1.165) is 32.4 Å². The summed E-state index contributed by atoms with van der Waals surface area (Å²) in [4.78, 5) is 30.1. The van der Waals surface area contributed by atoms with Crippen molar-refractivity contribution in [2.24, 2.45) is 0 Å². The van der Waals surface area contributed by atoms with E-state index in [4.69, 9.17) is 9.47 Å². The monoisotopic (exact) mass is 619 g/mol. The summed E-state index contributed by atoms with van der Waals surface area (Å²) in [5, 5.41) is 5.39. The van der Waals surface area contributed by atoms with Crippen LogP contribution in [0.1, 0.15) is 56.2 Å². The molecule has 1 aliphatic heterocycles. The lowest BCUT2D eigenvalue weighted by Crippen LogP contribution is -2.55. The summed E-state index contributed by atoms with van der Waals surface area (Å²) in [6.07, 6.45) is 1.91. The van der Waals surface area contributed by atoms with E-state index < -0.39 is 11.7 Å². The van der Waals surface area contributed by atoms with E-state index in [-0.39, 0.29) is 18.1 Å². The molecule has 1 N–H and O–H groups in total. The van der Waals surface area contributed by atoms with E-state index in [0.29, 0.717) is 26.2 Å². The Balaban J connectivity index is 1.08. The highest BCUT2D eigenvalue weighted by molar-refractivity contribution is 5.83. The lowest BCUT2D eigenvalue weighted by atomic mass is 9.98. The fourth-order valence-corrected chi connectivity index (χ4v) is 6.82. The highest BCUT2D eigenvalue weighted by atomic mass is 16.6. The lowest BCUT2D eigenvalue weighted by Gasteiger charge is -2.41. The van der Waals surface area contributed by atoms with E-state index >= 15 is 0 Å². The van der Waals surface area contributed by atoms with E-state index in [2.05, 4.69) is 101 Å². The molecule has 1 heterocycles. The van der Waals surface area contributed by atoms with Crippen LogP contribution in [0.3, 0.4) is 0 Å². The minimum atomic E-state index is -0.531. The molecule has 1 atom stereocenters. The summed E-state index contributed by atoms with van der Waals surface area (Å²) in [6.45, 7) is 9.33. The van der Waals surface area contributed by atoms with Crippen molar-refractivity contribution in [3.63, 3.8) is 0 Å². The summed E-state index contributed by atoms with van der Waals surface area (Å²) in [7, 11) is 0. The Hall–Kier alpha value is -4.36. The van der Waals surface area contributed by atoms with Crippen LogP contribution in [-0.4, -0.2) is 73.0 Å². The van der Waals surface area contributed by atoms with Gasteiger partial charge in [-0.3, -0.25) is 4.90 Å². The van der Waals surface area contributed by atoms with Gasteiger partial charge in [0.15, 0.2) is 0 Å². The van der Waals surface area contributed by atoms with Crippen molar-refractivity contribution in [3.8, 4) is 11.1 Å². The maximum atomic E-state index is 13.5. The molecule has 0 unspecified atom stereocenters. The molecular formula is C39H45N3O4. The van der Waals surface area contributed by atoms with Crippen LogP contribution in [0.2, 0.25) is 0 Å². The Kier molecular flexibility index (Phi) is 9.59. The second-order valence-electron chi connectivity index (χ2n) is 13.4. The number of benzene rings is 4. The zero-order valence-electron chi connectivity index (χ0n) is 27.2. The largest absolute Gasteiger partial charge is 0.448 e. The normalized spacial score (nSPS) is 16.6. The van der Waals surface area contributed by atoms with E-state index in [1.807, 2.05) is 25.7 Å². The quantitative estimate of drug-likeness (QED) is 0.195. The minimum absolute atomic E-state index is 0.0364. The molecule has 0 bridgehead atoms. The first-order chi connectivity index (χ1) is 22.2. The molecule has 0 aromatic heterocycles. The number of nitrogens with one attached hydrogen (secondary N) is 1. The lowest BCUT2D eigenvalue weighted by molar-refractivity contribution is 0.0455. The van der Waals surface area contributed by atoms with Crippen molar-refractivity contribution in [2.75, 3.05) is 39.3 Å². The van der Waals surface area contributed by atoms with Crippen molar-refractivity contribution in [2.45, 2.75) is 57.6 Å². The molecule has 46 heavy (non-hydrogen) atoms. The summed E-state index contributed by atoms with van der Waals surface area (Å²) in [5.74, 6) is 0.0364. The van der Waals surface area contributed by atoms with Gasteiger partial charge in [-0.25, -0.2) is 9.59 Å². The van der Waals surface area contributed by atoms with Crippen LogP contribution in [0.15, 0.2) is 91.0 Å². The van der Waals surface area contributed by atoms with Crippen molar-refractivity contribution in [1.82, 2.24) is 15.1 Å². The Morgan fingerprint density at radius 1 is 0.848 bits per heavy atom. The molecule has 4 aromatic carbocycles. The molecule has 7 heteroatoms. The summed E-state index contributed by atoms with van der Waals surface area (Å²) >= 11 is 0. The van der Waals surface area contributed by atoms with Gasteiger partial charge in [0.05, 0.1) is 0 Å². The van der Waals surface area contributed by atoms with Crippen LogP contribution in [0.5, 0.6) is 0 Å². The highest BCUT2D eigenvalue weighted by Crippen LogP contribution is 2.44. The van der Waals surface area contributed by atoms with Gasteiger partial charge in [0.25, 0.3) is 0 Å². The highest BCUT2D eigenvalue weighted by Gasteiger charge is 2.33. The molecule has 240 valence electrons. The Labute approximate surface area is 272 Å². The van der Waals surface area contributed by atoms with Gasteiger partial charge in [-0.1, -0.05) is 91.0 Å². The second-order valence-corrected chi connectivity index (χ2v) is 13.4. The molecule has 1 fully saturated rings. The van der Waals surface area contributed by atoms with Crippen LogP contribution in [-0.2, 0) is 15.9 Å². The fraction of sp³-hybridized carbons (Fsp3) is 0.385. The van der Waals surface area contributed by atoms with Gasteiger partial charge < -0.3 is 19.7 Å². The summed E-state index contributed by atoms with van der Waals surface area (Å²) in [5.41, 5.74) is 5.65. The van der Waals surface area contributed by atoms with Gasteiger partial charge in [0, 0.05) is 44.7 Å². The van der Waals surface area contributed by atoms with Gasteiger partial charge in [-0.2, -0.15) is 0 Å². The predicted molar refractivity (Wildman–Crippen MR) is 183 cm³/mol. The van der Waals surface area contributed by atoms with Gasteiger partial charge in [-0.15, -0.1) is 0 Å². The number of fused-ring (bicyclic) bond motifs is 4.